The number of hydrogen-bond donors (Lipinski definition) is 2. The Morgan fingerprint density at radius 2 is 2.15 bits per heavy atom. The summed E-state index contributed by atoms with van der Waals surface area (Å²) in [6.07, 6.45) is 0. The zero-order valence-corrected chi connectivity index (χ0v) is 7.40. The van der Waals surface area contributed by atoms with E-state index in [0.29, 0.717) is 5.56 Å². The van der Waals surface area contributed by atoms with Crippen LogP contribution in [-0.4, -0.2) is 16.0 Å². The van der Waals surface area contributed by atoms with Crippen molar-refractivity contribution >= 4 is 5.91 Å². The fourth-order valence-corrected chi connectivity index (χ4v) is 0.939. The van der Waals surface area contributed by atoms with Gasteiger partial charge in [-0.05, 0) is 6.07 Å². The van der Waals surface area contributed by atoms with Crippen LogP contribution in [0.5, 0.6) is 5.75 Å². The molecule has 0 radical (unpaired) electrons. The fourth-order valence-electron chi connectivity index (χ4n) is 0.939. The fraction of sp³-hybridized carbons (Fsp3) is 0.222. The van der Waals surface area contributed by atoms with Crippen LogP contribution in [0.1, 0.15) is 12.5 Å². The van der Waals surface area contributed by atoms with E-state index in [4.69, 9.17) is 5.84 Å². The number of amides is 1. The molecule has 1 rings (SSSR count). The number of phenols is 1. The minimum absolute atomic E-state index is 0.152. The van der Waals surface area contributed by atoms with Gasteiger partial charge in [0.25, 0.3) is 0 Å². The highest BCUT2D eigenvalue weighted by atomic mass is 16.3. The predicted molar refractivity (Wildman–Crippen MR) is 48.5 cm³/mol. The molecule has 13 heavy (non-hydrogen) atoms. The summed E-state index contributed by atoms with van der Waals surface area (Å²) in [6, 6.07) is 6.78. The Kier molecular flexibility index (Phi) is 2.87. The number of hydrazine groups is 1. The number of benzene rings is 1. The lowest BCUT2D eigenvalue weighted by atomic mass is 10.2. The van der Waals surface area contributed by atoms with Crippen molar-refractivity contribution in [1.29, 1.82) is 0 Å². The summed E-state index contributed by atoms with van der Waals surface area (Å²) in [6.45, 7) is 1.60. The van der Waals surface area contributed by atoms with Crippen LogP contribution in [0, 0.1) is 0 Å². The van der Waals surface area contributed by atoms with E-state index >= 15 is 0 Å². The summed E-state index contributed by atoms with van der Waals surface area (Å²) in [5, 5.41) is 10.4. The van der Waals surface area contributed by atoms with Crippen LogP contribution in [0.3, 0.4) is 0 Å². The van der Waals surface area contributed by atoms with E-state index in [0.717, 1.165) is 5.01 Å². The number of rotatable bonds is 2. The van der Waals surface area contributed by atoms with E-state index in [1.165, 1.54) is 6.92 Å². The topological polar surface area (TPSA) is 66.6 Å². The van der Waals surface area contributed by atoms with E-state index < -0.39 is 0 Å². The summed E-state index contributed by atoms with van der Waals surface area (Å²) < 4.78 is 0. The van der Waals surface area contributed by atoms with Gasteiger partial charge in [0.15, 0.2) is 0 Å². The lowest BCUT2D eigenvalue weighted by Crippen LogP contribution is -2.34. The molecule has 0 aliphatic heterocycles. The van der Waals surface area contributed by atoms with Gasteiger partial charge in [-0.25, -0.2) is 5.84 Å². The smallest absolute Gasteiger partial charge is 0.233 e. The first-order valence-corrected chi connectivity index (χ1v) is 3.91. The van der Waals surface area contributed by atoms with Crippen LogP contribution in [0.25, 0.3) is 0 Å². The van der Waals surface area contributed by atoms with Crippen molar-refractivity contribution in [2.45, 2.75) is 13.5 Å². The summed E-state index contributed by atoms with van der Waals surface area (Å²) in [5.74, 6) is 5.31. The van der Waals surface area contributed by atoms with Gasteiger partial charge >= 0.3 is 0 Å². The maximum absolute atomic E-state index is 10.8. The van der Waals surface area contributed by atoms with Gasteiger partial charge in [0.1, 0.15) is 5.75 Å². The van der Waals surface area contributed by atoms with Gasteiger partial charge in [0.05, 0.1) is 6.54 Å². The van der Waals surface area contributed by atoms with Gasteiger partial charge in [-0.3, -0.25) is 9.80 Å². The van der Waals surface area contributed by atoms with Gasteiger partial charge in [-0.2, -0.15) is 0 Å². The Morgan fingerprint density at radius 1 is 1.54 bits per heavy atom. The second-order valence-corrected chi connectivity index (χ2v) is 2.78. The van der Waals surface area contributed by atoms with Crippen molar-refractivity contribution in [3.05, 3.63) is 29.8 Å². The molecular formula is C9H12N2O2. The van der Waals surface area contributed by atoms with E-state index in [1.54, 1.807) is 24.3 Å². The van der Waals surface area contributed by atoms with Crippen LogP contribution >= 0.6 is 0 Å². The van der Waals surface area contributed by atoms with Crippen molar-refractivity contribution < 1.29 is 9.90 Å². The van der Waals surface area contributed by atoms with Crippen molar-refractivity contribution in [2.75, 3.05) is 0 Å². The molecule has 0 aliphatic carbocycles. The molecule has 70 valence electrons. The Labute approximate surface area is 76.6 Å². The van der Waals surface area contributed by atoms with Crippen LogP contribution in [0.15, 0.2) is 24.3 Å². The van der Waals surface area contributed by atoms with Gasteiger partial charge in [0.2, 0.25) is 5.91 Å². The number of phenolic OH excluding ortho intramolecular Hbond substituents is 1. The predicted octanol–water partition coefficient (Wildman–Crippen LogP) is 0.614. The third-order valence-corrected chi connectivity index (χ3v) is 1.74. The lowest BCUT2D eigenvalue weighted by Gasteiger charge is -2.14. The minimum atomic E-state index is -0.233. The highest BCUT2D eigenvalue weighted by Crippen LogP contribution is 2.16. The van der Waals surface area contributed by atoms with Crippen LogP contribution in [0.2, 0.25) is 0 Å². The van der Waals surface area contributed by atoms with E-state index in [-0.39, 0.29) is 18.2 Å². The van der Waals surface area contributed by atoms with Crippen LogP contribution in [-0.2, 0) is 11.3 Å². The first-order chi connectivity index (χ1) is 6.11. The van der Waals surface area contributed by atoms with E-state index in [9.17, 15) is 9.90 Å². The Bertz CT molecular complexity index is 312. The van der Waals surface area contributed by atoms with Crippen molar-refractivity contribution in [3.63, 3.8) is 0 Å². The Balaban J connectivity index is 2.74. The van der Waals surface area contributed by atoms with Crippen molar-refractivity contribution in [3.8, 4) is 5.75 Å². The number of carbonyl (C=O) groups excluding carboxylic acids is 1. The molecular weight excluding hydrogens is 168 g/mol. The van der Waals surface area contributed by atoms with Gasteiger partial charge < -0.3 is 5.11 Å². The van der Waals surface area contributed by atoms with Gasteiger partial charge in [-0.15, -0.1) is 0 Å². The molecule has 4 heteroatoms. The standard InChI is InChI=1S/C9H12N2O2/c1-7(12)11(10)6-8-4-2-3-5-9(8)13/h2-5,13H,6,10H2,1H3. The summed E-state index contributed by atoms with van der Waals surface area (Å²) >= 11 is 0. The summed E-state index contributed by atoms with van der Waals surface area (Å²) in [7, 11) is 0. The third-order valence-electron chi connectivity index (χ3n) is 1.74. The van der Waals surface area contributed by atoms with E-state index in [1.807, 2.05) is 0 Å². The molecule has 0 saturated heterocycles. The molecule has 0 spiro atoms. The minimum Gasteiger partial charge on any atom is -0.508 e. The Morgan fingerprint density at radius 3 is 2.69 bits per heavy atom. The normalized spacial score (nSPS) is 9.69. The monoisotopic (exact) mass is 180 g/mol. The zero-order valence-electron chi connectivity index (χ0n) is 7.40. The van der Waals surface area contributed by atoms with Gasteiger partial charge in [-0.1, -0.05) is 18.2 Å². The number of carbonyl (C=O) groups is 1. The molecule has 1 amide bonds. The molecule has 0 bridgehead atoms. The SMILES string of the molecule is CC(=O)N(N)Cc1ccccc1O. The molecule has 0 fully saturated rings. The second-order valence-electron chi connectivity index (χ2n) is 2.78. The molecule has 0 saturated carbocycles. The zero-order chi connectivity index (χ0) is 9.84. The number of para-hydroxylation sites is 1. The molecule has 1 aromatic carbocycles. The molecule has 1 aromatic rings. The van der Waals surface area contributed by atoms with E-state index in [2.05, 4.69) is 0 Å². The highest BCUT2D eigenvalue weighted by molar-refractivity contribution is 5.72. The van der Waals surface area contributed by atoms with Gasteiger partial charge in [0, 0.05) is 12.5 Å². The van der Waals surface area contributed by atoms with Crippen LogP contribution < -0.4 is 5.84 Å². The number of hydrogen-bond acceptors (Lipinski definition) is 3. The van der Waals surface area contributed by atoms with Crippen molar-refractivity contribution in [1.82, 2.24) is 5.01 Å². The molecule has 0 aromatic heterocycles. The first-order valence-electron chi connectivity index (χ1n) is 3.91. The number of nitrogens with two attached hydrogens (primary N) is 1. The van der Waals surface area contributed by atoms with Crippen molar-refractivity contribution in [2.24, 2.45) is 5.84 Å². The third kappa shape index (κ3) is 2.45. The molecule has 0 aliphatic rings. The maximum Gasteiger partial charge on any atom is 0.233 e. The quantitative estimate of drug-likeness (QED) is 0.398. The highest BCUT2D eigenvalue weighted by Gasteiger charge is 2.06. The summed E-state index contributed by atoms with van der Waals surface area (Å²) in [4.78, 5) is 10.8. The molecule has 4 nitrogen and oxygen atoms in total. The average Bonchev–Trinajstić information content (AvgIpc) is 2.08. The second kappa shape index (κ2) is 3.91. The molecule has 0 unspecified atom stereocenters. The number of nitrogens with zero attached hydrogens (tertiary/aromatic N) is 1. The first kappa shape index (κ1) is 9.54. The number of aromatic hydroxyl groups is 1. The average molecular weight is 180 g/mol. The van der Waals surface area contributed by atoms with Crippen LogP contribution in [0.4, 0.5) is 0 Å². The maximum atomic E-state index is 10.8. The summed E-state index contributed by atoms with van der Waals surface area (Å²) in [5.41, 5.74) is 0.639. The Hall–Kier alpha value is -1.55. The molecule has 3 N–H and O–H groups in total. The largest absolute Gasteiger partial charge is 0.508 e. The lowest BCUT2D eigenvalue weighted by molar-refractivity contribution is -0.129. The molecule has 0 atom stereocenters. The molecule has 0 heterocycles.